The van der Waals surface area contributed by atoms with Gasteiger partial charge in [0, 0.05) is 5.69 Å². The summed E-state index contributed by atoms with van der Waals surface area (Å²) in [7, 11) is 1.49. The fourth-order valence-corrected chi connectivity index (χ4v) is 2.09. The molecule has 0 aliphatic rings. The highest BCUT2D eigenvalue weighted by atomic mass is 16.5. The molecule has 0 aliphatic heterocycles. The van der Waals surface area contributed by atoms with Crippen molar-refractivity contribution in [3.63, 3.8) is 0 Å². The van der Waals surface area contributed by atoms with Gasteiger partial charge in [0.25, 0.3) is 0 Å². The third kappa shape index (κ3) is 5.35. The highest BCUT2D eigenvalue weighted by molar-refractivity contribution is 6.39. The number of ether oxygens (including phenoxy) is 1. The van der Waals surface area contributed by atoms with Crippen LogP contribution in [0.4, 0.5) is 11.4 Å². The first-order chi connectivity index (χ1) is 12.0. The van der Waals surface area contributed by atoms with Gasteiger partial charge in [0.15, 0.2) is 0 Å². The number of amides is 3. The average Bonchev–Trinajstić information content (AvgIpc) is 2.60. The Morgan fingerprint density at radius 1 is 0.960 bits per heavy atom. The molecule has 130 valence electrons. The van der Waals surface area contributed by atoms with Crippen LogP contribution in [0.15, 0.2) is 48.5 Å². The van der Waals surface area contributed by atoms with Crippen LogP contribution < -0.4 is 20.7 Å². The Morgan fingerprint density at radius 3 is 2.44 bits per heavy atom. The highest BCUT2D eigenvalue weighted by Crippen LogP contribution is 2.22. The van der Waals surface area contributed by atoms with Crippen LogP contribution in [0.2, 0.25) is 0 Å². The van der Waals surface area contributed by atoms with Crippen molar-refractivity contribution in [2.24, 2.45) is 0 Å². The van der Waals surface area contributed by atoms with E-state index in [1.54, 1.807) is 42.5 Å². The van der Waals surface area contributed by atoms with Gasteiger partial charge in [0.1, 0.15) is 5.75 Å². The maximum absolute atomic E-state index is 11.9. The fraction of sp³-hybridized carbons (Fsp3) is 0.167. The molecule has 0 spiro atoms. The highest BCUT2D eigenvalue weighted by Gasteiger charge is 2.15. The molecule has 0 aromatic heterocycles. The number of carbonyl (C=O) groups is 3. The summed E-state index contributed by atoms with van der Waals surface area (Å²) in [5.74, 6) is -1.70. The molecule has 0 atom stereocenters. The number of aryl methyl sites for hydroxylation is 1. The average molecular weight is 341 g/mol. The van der Waals surface area contributed by atoms with Crippen LogP contribution in [0, 0.1) is 6.92 Å². The Hall–Kier alpha value is -3.35. The lowest BCUT2D eigenvalue weighted by atomic mass is 10.2. The predicted octanol–water partition coefficient (Wildman–Crippen LogP) is 1.70. The monoisotopic (exact) mass is 341 g/mol. The molecule has 0 fully saturated rings. The number of methoxy groups -OCH3 is 1. The van der Waals surface area contributed by atoms with Crippen LogP contribution in [-0.4, -0.2) is 31.4 Å². The van der Waals surface area contributed by atoms with E-state index in [0.29, 0.717) is 17.1 Å². The largest absolute Gasteiger partial charge is 0.495 e. The molecular weight excluding hydrogens is 322 g/mol. The second-order valence-electron chi connectivity index (χ2n) is 5.25. The van der Waals surface area contributed by atoms with Gasteiger partial charge in [-0.15, -0.1) is 0 Å². The van der Waals surface area contributed by atoms with E-state index in [1.165, 1.54) is 7.11 Å². The lowest BCUT2D eigenvalue weighted by Gasteiger charge is -2.10. The van der Waals surface area contributed by atoms with E-state index in [9.17, 15) is 14.4 Å². The molecule has 2 aromatic carbocycles. The number of anilines is 2. The van der Waals surface area contributed by atoms with E-state index in [-0.39, 0.29) is 6.54 Å². The second kappa shape index (κ2) is 8.49. The van der Waals surface area contributed by atoms with Crippen molar-refractivity contribution in [1.29, 1.82) is 0 Å². The second-order valence-corrected chi connectivity index (χ2v) is 5.25. The van der Waals surface area contributed by atoms with Gasteiger partial charge >= 0.3 is 11.8 Å². The molecule has 0 saturated heterocycles. The Labute approximate surface area is 145 Å². The molecule has 7 nitrogen and oxygen atoms in total. The summed E-state index contributed by atoms with van der Waals surface area (Å²) in [6, 6.07) is 13.9. The SMILES string of the molecule is COc1ccccc1NC(=O)CNC(=O)C(=O)Nc1cccc(C)c1. The van der Waals surface area contributed by atoms with Crippen LogP contribution in [0.5, 0.6) is 5.75 Å². The number of hydrogen-bond acceptors (Lipinski definition) is 4. The van der Waals surface area contributed by atoms with E-state index in [1.807, 2.05) is 13.0 Å². The van der Waals surface area contributed by atoms with Crippen LogP contribution in [0.3, 0.4) is 0 Å². The van der Waals surface area contributed by atoms with Crippen molar-refractivity contribution in [3.8, 4) is 5.75 Å². The van der Waals surface area contributed by atoms with Gasteiger partial charge in [0.2, 0.25) is 5.91 Å². The fourth-order valence-electron chi connectivity index (χ4n) is 2.09. The standard InChI is InChI=1S/C18H19N3O4/c1-12-6-5-7-13(10-12)20-18(24)17(23)19-11-16(22)21-14-8-3-4-9-15(14)25-2/h3-10H,11H2,1-2H3,(H,19,23)(H,20,24)(H,21,22). The normalized spacial score (nSPS) is 9.84. The minimum atomic E-state index is -0.892. The minimum Gasteiger partial charge on any atom is -0.495 e. The summed E-state index contributed by atoms with van der Waals surface area (Å²) >= 11 is 0. The molecule has 0 radical (unpaired) electrons. The van der Waals surface area contributed by atoms with Gasteiger partial charge in [0.05, 0.1) is 19.3 Å². The smallest absolute Gasteiger partial charge is 0.313 e. The molecule has 0 unspecified atom stereocenters. The molecule has 0 heterocycles. The van der Waals surface area contributed by atoms with Crippen molar-refractivity contribution in [2.45, 2.75) is 6.92 Å². The van der Waals surface area contributed by atoms with Crippen molar-refractivity contribution < 1.29 is 19.1 Å². The summed E-state index contributed by atoms with van der Waals surface area (Å²) in [5.41, 5.74) is 1.95. The molecule has 7 heteroatoms. The van der Waals surface area contributed by atoms with Gasteiger partial charge in [-0.05, 0) is 36.8 Å². The van der Waals surface area contributed by atoms with Crippen LogP contribution in [0.1, 0.15) is 5.56 Å². The van der Waals surface area contributed by atoms with E-state index in [0.717, 1.165) is 5.56 Å². The summed E-state index contributed by atoms with van der Waals surface area (Å²) in [6.07, 6.45) is 0. The van der Waals surface area contributed by atoms with Crippen LogP contribution in [-0.2, 0) is 14.4 Å². The van der Waals surface area contributed by atoms with Crippen molar-refractivity contribution in [1.82, 2.24) is 5.32 Å². The molecule has 2 rings (SSSR count). The molecule has 3 N–H and O–H groups in total. The number of para-hydroxylation sites is 2. The lowest BCUT2D eigenvalue weighted by molar-refractivity contribution is -0.136. The zero-order chi connectivity index (χ0) is 18.2. The number of benzene rings is 2. The first kappa shape index (κ1) is 18.0. The quantitative estimate of drug-likeness (QED) is 0.721. The Bertz CT molecular complexity index is 789. The number of carbonyl (C=O) groups excluding carboxylic acids is 3. The Kier molecular flexibility index (Phi) is 6.11. The molecule has 3 amide bonds. The zero-order valence-electron chi connectivity index (χ0n) is 14.0. The zero-order valence-corrected chi connectivity index (χ0v) is 14.0. The van der Waals surface area contributed by atoms with Gasteiger partial charge in [-0.25, -0.2) is 0 Å². The van der Waals surface area contributed by atoms with Crippen LogP contribution >= 0.6 is 0 Å². The number of hydrogen-bond donors (Lipinski definition) is 3. The maximum Gasteiger partial charge on any atom is 0.313 e. The maximum atomic E-state index is 11.9. The number of nitrogens with one attached hydrogen (secondary N) is 3. The van der Waals surface area contributed by atoms with Crippen molar-refractivity contribution >= 4 is 29.1 Å². The first-order valence-corrected chi connectivity index (χ1v) is 7.58. The first-order valence-electron chi connectivity index (χ1n) is 7.58. The molecule has 2 aromatic rings. The Balaban J connectivity index is 1.84. The minimum absolute atomic E-state index is 0.335. The Morgan fingerprint density at radius 2 is 1.72 bits per heavy atom. The van der Waals surface area contributed by atoms with E-state index in [2.05, 4.69) is 16.0 Å². The van der Waals surface area contributed by atoms with Gasteiger partial charge in [-0.2, -0.15) is 0 Å². The predicted molar refractivity (Wildman–Crippen MR) is 94.4 cm³/mol. The van der Waals surface area contributed by atoms with E-state index >= 15 is 0 Å². The van der Waals surface area contributed by atoms with Crippen molar-refractivity contribution in [3.05, 3.63) is 54.1 Å². The summed E-state index contributed by atoms with van der Waals surface area (Å²) in [6.45, 7) is 1.54. The molecule has 0 bridgehead atoms. The van der Waals surface area contributed by atoms with Crippen molar-refractivity contribution in [2.75, 3.05) is 24.3 Å². The van der Waals surface area contributed by atoms with E-state index in [4.69, 9.17) is 4.74 Å². The molecule has 0 aliphatic carbocycles. The summed E-state index contributed by atoms with van der Waals surface area (Å²) in [5, 5.41) is 7.35. The summed E-state index contributed by atoms with van der Waals surface area (Å²) in [4.78, 5) is 35.5. The van der Waals surface area contributed by atoms with Gasteiger partial charge in [-0.1, -0.05) is 24.3 Å². The third-order valence-corrected chi connectivity index (χ3v) is 3.27. The molecular formula is C18H19N3O4. The van der Waals surface area contributed by atoms with E-state index < -0.39 is 17.7 Å². The number of rotatable bonds is 5. The molecule has 0 saturated carbocycles. The molecule has 25 heavy (non-hydrogen) atoms. The summed E-state index contributed by atoms with van der Waals surface area (Å²) < 4.78 is 5.12. The van der Waals surface area contributed by atoms with Crippen LogP contribution in [0.25, 0.3) is 0 Å². The third-order valence-electron chi connectivity index (χ3n) is 3.27. The topological polar surface area (TPSA) is 96.5 Å². The lowest BCUT2D eigenvalue weighted by Crippen LogP contribution is -2.39. The van der Waals surface area contributed by atoms with Gasteiger partial charge < -0.3 is 20.7 Å². The van der Waals surface area contributed by atoms with Gasteiger partial charge in [-0.3, -0.25) is 14.4 Å².